The van der Waals surface area contributed by atoms with E-state index in [1.54, 1.807) is 0 Å². The first kappa shape index (κ1) is 14.0. The molecule has 3 heteroatoms. The van der Waals surface area contributed by atoms with Crippen molar-refractivity contribution in [2.75, 3.05) is 11.9 Å². The van der Waals surface area contributed by atoms with Crippen molar-refractivity contribution in [1.29, 1.82) is 0 Å². The van der Waals surface area contributed by atoms with Gasteiger partial charge in [0.1, 0.15) is 0 Å². The first-order chi connectivity index (χ1) is 8.09. The van der Waals surface area contributed by atoms with Crippen LogP contribution in [-0.4, -0.2) is 22.7 Å². The normalized spacial score (nSPS) is 17.9. The van der Waals surface area contributed by atoms with Gasteiger partial charge >= 0.3 is 0 Å². The molecule has 0 saturated heterocycles. The van der Waals surface area contributed by atoms with Crippen molar-refractivity contribution in [2.45, 2.75) is 53.1 Å². The van der Waals surface area contributed by atoms with E-state index in [1.807, 2.05) is 20.0 Å². The lowest BCUT2D eigenvalue weighted by Crippen LogP contribution is -2.29. The number of aliphatic hydroxyl groups excluding tert-OH is 1. The maximum absolute atomic E-state index is 9.52. The summed E-state index contributed by atoms with van der Waals surface area (Å²) in [5.74, 6) is 0.497. The quantitative estimate of drug-likeness (QED) is 0.788. The van der Waals surface area contributed by atoms with Gasteiger partial charge in [0, 0.05) is 19.2 Å². The molecule has 1 aliphatic rings. The molecule has 2 N–H and O–H groups in total. The molecular formula is C14H24N2O. The van der Waals surface area contributed by atoms with Gasteiger partial charge in [-0.2, -0.15) is 0 Å². The van der Waals surface area contributed by atoms with Crippen molar-refractivity contribution in [3.05, 3.63) is 23.0 Å². The second-order valence-electron chi connectivity index (χ2n) is 4.55. The van der Waals surface area contributed by atoms with E-state index in [9.17, 15) is 5.11 Å². The number of anilines is 1. The number of nitrogens with one attached hydrogen (secondary N) is 1. The molecule has 1 unspecified atom stereocenters. The fourth-order valence-corrected chi connectivity index (χ4v) is 2.16. The highest BCUT2D eigenvalue weighted by molar-refractivity contribution is 5.59. The number of aromatic nitrogens is 1. The fraction of sp³-hybridized carbons (Fsp3) is 0.643. The molecule has 0 radical (unpaired) electrons. The average molecular weight is 236 g/mol. The SMILES string of the molecule is CC.Cc1c(C(C)C)cnc2c1NCC(O)C2. The number of hydrogen-bond acceptors (Lipinski definition) is 3. The van der Waals surface area contributed by atoms with E-state index in [4.69, 9.17) is 0 Å². The molecule has 2 rings (SSSR count). The van der Waals surface area contributed by atoms with Gasteiger partial charge in [-0.3, -0.25) is 4.98 Å². The minimum absolute atomic E-state index is 0.297. The van der Waals surface area contributed by atoms with Crippen LogP contribution < -0.4 is 5.32 Å². The lowest BCUT2D eigenvalue weighted by atomic mass is 9.95. The van der Waals surface area contributed by atoms with Crippen molar-refractivity contribution in [3.63, 3.8) is 0 Å². The summed E-state index contributed by atoms with van der Waals surface area (Å²) < 4.78 is 0. The third-order valence-electron chi connectivity index (χ3n) is 3.02. The van der Waals surface area contributed by atoms with Crippen LogP contribution in [0, 0.1) is 6.92 Å². The molecule has 1 aromatic rings. The van der Waals surface area contributed by atoms with Gasteiger partial charge in [0.25, 0.3) is 0 Å². The molecule has 0 bridgehead atoms. The summed E-state index contributed by atoms with van der Waals surface area (Å²) in [7, 11) is 0. The summed E-state index contributed by atoms with van der Waals surface area (Å²) in [6.45, 7) is 11.1. The fourth-order valence-electron chi connectivity index (χ4n) is 2.16. The summed E-state index contributed by atoms with van der Waals surface area (Å²) in [5, 5.41) is 12.8. The summed E-state index contributed by atoms with van der Waals surface area (Å²) in [5.41, 5.74) is 4.70. The molecule has 0 aromatic carbocycles. The zero-order valence-electron chi connectivity index (χ0n) is 11.5. The van der Waals surface area contributed by atoms with Gasteiger partial charge in [-0.15, -0.1) is 0 Å². The summed E-state index contributed by atoms with van der Waals surface area (Å²) in [6, 6.07) is 0. The molecule has 0 spiro atoms. The van der Waals surface area contributed by atoms with Crippen LogP contribution in [-0.2, 0) is 6.42 Å². The third kappa shape index (κ3) is 2.97. The Bertz CT molecular complexity index is 375. The Balaban J connectivity index is 0.000000686. The van der Waals surface area contributed by atoms with Gasteiger partial charge in [-0.05, 0) is 24.0 Å². The van der Waals surface area contributed by atoms with Crippen LogP contribution in [0.1, 0.15) is 50.4 Å². The molecule has 0 aliphatic carbocycles. The second kappa shape index (κ2) is 6.01. The van der Waals surface area contributed by atoms with E-state index in [0.717, 1.165) is 11.4 Å². The maximum atomic E-state index is 9.52. The Morgan fingerprint density at radius 1 is 1.41 bits per heavy atom. The van der Waals surface area contributed by atoms with Gasteiger partial charge in [0.2, 0.25) is 0 Å². The Morgan fingerprint density at radius 2 is 2.06 bits per heavy atom. The van der Waals surface area contributed by atoms with Crippen LogP contribution in [0.25, 0.3) is 0 Å². The van der Waals surface area contributed by atoms with E-state index < -0.39 is 0 Å². The lowest BCUT2D eigenvalue weighted by Gasteiger charge is -2.25. The van der Waals surface area contributed by atoms with E-state index in [-0.39, 0.29) is 6.10 Å². The van der Waals surface area contributed by atoms with Gasteiger partial charge in [0.05, 0.1) is 17.5 Å². The highest BCUT2D eigenvalue weighted by atomic mass is 16.3. The van der Waals surface area contributed by atoms with Gasteiger partial charge in [0.15, 0.2) is 0 Å². The largest absolute Gasteiger partial charge is 0.391 e. The van der Waals surface area contributed by atoms with Crippen LogP contribution in [0.5, 0.6) is 0 Å². The summed E-state index contributed by atoms with van der Waals surface area (Å²) >= 11 is 0. The average Bonchev–Trinajstić information content (AvgIpc) is 2.31. The predicted molar refractivity (Wildman–Crippen MR) is 72.6 cm³/mol. The highest BCUT2D eigenvalue weighted by Crippen LogP contribution is 2.29. The van der Waals surface area contributed by atoms with E-state index in [0.29, 0.717) is 18.9 Å². The molecule has 1 aromatic heterocycles. The van der Waals surface area contributed by atoms with Gasteiger partial charge < -0.3 is 10.4 Å². The molecule has 0 saturated carbocycles. The van der Waals surface area contributed by atoms with E-state index in [2.05, 4.69) is 31.1 Å². The molecule has 2 heterocycles. The van der Waals surface area contributed by atoms with E-state index in [1.165, 1.54) is 11.1 Å². The minimum Gasteiger partial charge on any atom is -0.391 e. The third-order valence-corrected chi connectivity index (χ3v) is 3.02. The standard InChI is InChI=1S/C12H18N2O.C2H6/c1-7(2)10-6-13-11-4-9(15)5-14-12(11)8(10)3;1-2/h6-7,9,14-15H,4-5H2,1-3H3;1-2H3. The number of fused-ring (bicyclic) bond motifs is 1. The lowest BCUT2D eigenvalue weighted by molar-refractivity contribution is 0.183. The maximum Gasteiger partial charge on any atom is 0.0768 e. The Labute approximate surface area is 104 Å². The smallest absolute Gasteiger partial charge is 0.0768 e. The van der Waals surface area contributed by atoms with E-state index >= 15 is 0 Å². The topological polar surface area (TPSA) is 45.2 Å². The van der Waals surface area contributed by atoms with Crippen LogP contribution in [0.15, 0.2) is 6.20 Å². The number of hydrogen-bond donors (Lipinski definition) is 2. The Kier molecular flexibility index (Phi) is 4.94. The highest BCUT2D eigenvalue weighted by Gasteiger charge is 2.20. The molecule has 0 amide bonds. The van der Waals surface area contributed by atoms with Crippen molar-refractivity contribution < 1.29 is 5.11 Å². The number of pyridine rings is 1. The number of rotatable bonds is 1. The van der Waals surface area contributed by atoms with Crippen LogP contribution >= 0.6 is 0 Å². The molecule has 1 aliphatic heterocycles. The predicted octanol–water partition coefficient (Wildman–Crippen LogP) is 2.87. The zero-order chi connectivity index (χ0) is 13.0. The molecule has 3 nitrogen and oxygen atoms in total. The Hall–Kier alpha value is -1.09. The van der Waals surface area contributed by atoms with Crippen LogP contribution in [0.2, 0.25) is 0 Å². The number of aliphatic hydroxyl groups is 1. The summed E-state index contributed by atoms with van der Waals surface area (Å²) in [4.78, 5) is 4.43. The molecule has 96 valence electrons. The molecular weight excluding hydrogens is 212 g/mol. The van der Waals surface area contributed by atoms with Crippen molar-refractivity contribution >= 4 is 5.69 Å². The Morgan fingerprint density at radius 3 is 2.65 bits per heavy atom. The summed E-state index contributed by atoms with van der Waals surface area (Å²) in [6.07, 6.45) is 2.31. The minimum atomic E-state index is -0.297. The van der Waals surface area contributed by atoms with Crippen LogP contribution in [0.4, 0.5) is 5.69 Å². The second-order valence-corrected chi connectivity index (χ2v) is 4.55. The van der Waals surface area contributed by atoms with Gasteiger partial charge in [-0.1, -0.05) is 27.7 Å². The van der Waals surface area contributed by atoms with Crippen LogP contribution in [0.3, 0.4) is 0 Å². The zero-order valence-corrected chi connectivity index (χ0v) is 11.5. The van der Waals surface area contributed by atoms with Crippen molar-refractivity contribution in [3.8, 4) is 0 Å². The number of nitrogens with zero attached hydrogens (tertiary/aromatic N) is 1. The molecule has 17 heavy (non-hydrogen) atoms. The van der Waals surface area contributed by atoms with Gasteiger partial charge in [-0.25, -0.2) is 0 Å². The molecule has 1 atom stereocenters. The first-order valence-corrected chi connectivity index (χ1v) is 6.50. The number of β-amino-alcohol motifs (C(OH)–C–C–N with tert-alkyl or cyclic N) is 1. The first-order valence-electron chi connectivity index (χ1n) is 6.50. The van der Waals surface area contributed by atoms with Crippen molar-refractivity contribution in [1.82, 2.24) is 4.98 Å². The van der Waals surface area contributed by atoms with Crippen molar-refractivity contribution in [2.24, 2.45) is 0 Å². The monoisotopic (exact) mass is 236 g/mol. The molecule has 0 fully saturated rings.